The first-order valence-electron chi connectivity index (χ1n) is 6.07. The second kappa shape index (κ2) is 3.70. The van der Waals surface area contributed by atoms with Crippen LogP contribution in [0.3, 0.4) is 0 Å². The van der Waals surface area contributed by atoms with E-state index in [9.17, 15) is 4.79 Å². The lowest BCUT2D eigenvalue weighted by atomic mass is 9.75. The largest absolute Gasteiger partial charge is 0.288 e. The van der Waals surface area contributed by atoms with Crippen molar-refractivity contribution in [2.24, 2.45) is 5.41 Å². The van der Waals surface area contributed by atoms with Crippen LogP contribution in [0.1, 0.15) is 16.7 Å². The van der Waals surface area contributed by atoms with E-state index in [1.54, 1.807) is 6.08 Å². The summed E-state index contributed by atoms with van der Waals surface area (Å²) in [6.45, 7) is 2.01. The molecule has 1 aromatic rings. The lowest BCUT2D eigenvalue weighted by Crippen LogP contribution is -2.21. The number of nitrogens with zero attached hydrogens (tertiary/aromatic N) is 1. The van der Waals surface area contributed by atoms with Crippen molar-refractivity contribution in [2.75, 3.05) is 0 Å². The fourth-order valence-corrected chi connectivity index (χ4v) is 2.99. The molecule has 1 aromatic carbocycles. The summed E-state index contributed by atoms with van der Waals surface area (Å²) in [6, 6.07) is 7.98. The van der Waals surface area contributed by atoms with E-state index < -0.39 is 5.41 Å². The number of carbonyl (C=O) groups excluding carboxylic acids is 1. The number of benzene rings is 1. The first kappa shape index (κ1) is 11.5. The van der Waals surface area contributed by atoms with Gasteiger partial charge in [0, 0.05) is 0 Å². The predicted molar refractivity (Wildman–Crippen MR) is 72.8 cm³/mol. The van der Waals surface area contributed by atoms with E-state index in [-0.39, 0.29) is 11.4 Å². The van der Waals surface area contributed by atoms with Crippen LogP contribution in [0.15, 0.2) is 35.9 Å². The van der Waals surface area contributed by atoms with E-state index in [0.29, 0.717) is 6.42 Å². The van der Waals surface area contributed by atoms with Gasteiger partial charge in [-0.05, 0) is 47.8 Å². The van der Waals surface area contributed by atoms with Gasteiger partial charge in [-0.2, -0.15) is 5.26 Å². The number of allylic oxidation sites excluding steroid dienone is 4. The molecular formula is C17H11NO. The van der Waals surface area contributed by atoms with Crippen LogP contribution in [0.2, 0.25) is 0 Å². The molecule has 0 aromatic heterocycles. The Kier molecular flexibility index (Phi) is 2.24. The van der Waals surface area contributed by atoms with E-state index >= 15 is 0 Å². The molecule has 0 heterocycles. The molecule has 2 heteroatoms. The van der Waals surface area contributed by atoms with Crippen LogP contribution in [0.4, 0.5) is 0 Å². The lowest BCUT2D eigenvalue weighted by Gasteiger charge is -2.24. The Hall–Kier alpha value is -2.58. The van der Waals surface area contributed by atoms with Gasteiger partial charge in [-0.1, -0.05) is 24.1 Å². The summed E-state index contributed by atoms with van der Waals surface area (Å²) < 4.78 is 0. The predicted octanol–water partition coefficient (Wildman–Crippen LogP) is 2.59. The fourth-order valence-electron chi connectivity index (χ4n) is 2.99. The molecule has 90 valence electrons. The Morgan fingerprint density at radius 1 is 1.42 bits per heavy atom. The van der Waals surface area contributed by atoms with E-state index in [2.05, 4.69) is 5.92 Å². The van der Waals surface area contributed by atoms with Gasteiger partial charge in [-0.15, -0.1) is 6.42 Å². The summed E-state index contributed by atoms with van der Waals surface area (Å²) in [5.74, 6) is 2.54. The highest BCUT2D eigenvalue weighted by Crippen LogP contribution is 2.50. The summed E-state index contributed by atoms with van der Waals surface area (Å²) in [7, 11) is 0. The van der Waals surface area contributed by atoms with Crippen molar-refractivity contribution in [1.29, 1.82) is 5.26 Å². The van der Waals surface area contributed by atoms with Crippen LogP contribution in [0.25, 0.3) is 5.57 Å². The first-order valence-corrected chi connectivity index (χ1v) is 6.07. The Bertz CT molecular complexity index is 752. The third-order valence-electron chi connectivity index (χ3n) is 3.89. The zero-order valence-electron chi connectivity index (χ0n) is 10.5. The molecule has 2 nitrogen and oxygen atoms in total. The van der Waals surface area contributed by atoms with Crippen molar-refractivity contribution in [3.63, 3.8) is 0 Å². The summed E-state index contributed by atoms with van der Waals surface area (Å²) >= 11 is 0. The molecule has 0 N–H and O–H groups in total. The van der Waals surface area contributed by atoms with Gasteiger partial charge in [-0.3, -0.25) is 4.79 Å². The molecular weight excluding hydrogens is 234 g/mol. The number of fused-ring (bicyclic) bond motifs is 3. The van der Waals surface area contributed by atoms with Crippen molar-refractivity contribution in [2.45, 2.75) is 13.3 Å². The highest BCUT2D eigenvalue weighted by atomic mass is 16.1. The highest BCUT2D eigenvalue weighted by molar-refractivity contribution is 6.14. The third-order valence-corrected chi connectivity index (χ3v) is 3.89. The third kappa shape index (κ3) is 1.41. The summed E-state index contributed by atoms with van der Waals surface area (Å²) in [5, 5.41) is 9.03. The quantitative estimate of drug-likeness (QED) is 0.659. The maximum Gasteiger partial charge on any atom is 0.196 e. The number of hydrogen-bond acceptors (Lipinski definition) is 2. The van der Waals surface area contributed by atoms with E-state index in [1.807, 2.05) is 31.2 Å². The number of ketones is 1. The average molecular weight is 245 g/mol. The lowest BCUT2D eigenvalue weighted by molar-refractivity contribution is -0.111. The zero-order valence-corrected chi connectivity index (χ0v) is 10.5. The van der Waals surface area contributed by atoms with Crippen LogP contribution < -0.4 is 0 Å². The Morgan fingerprint density at radius 3 is 2.89 bits per heavy atom. The van der Waals surface area contributed by atoms with Gasteiger partial charge in [0.15, 0.2) is 5.78 Å². The van der Waals surface area contributed by atoms with Gasteiger partial charge in [0.2, 0.25) is 0 Å². The molecule has 2 aliphatic rings. The van der Waals surface area contributed by atoms with Crippen LogP contribution in [0, 0.1) is 36.0 Å². The molecule has 3 rings (SSSR count). The maximum atomic E-state index is 11.9. The minimum atomic E-state index is -0.632. The molecule has 0 saturated heterocycles. The van der Waals surface area contributed by atoms with E-state index in [4.69, 9.17) is 11.7 Å². The van der Waals surface area contributed by atoms with Crippen molar-refractivity contribution in [1.82, 2.24) is 0 Å². The number of rotatable bonds is 0. The number of hydrogen-bond donors (Lipinski definition) is 0. The molecule has 0 amide bonds. The van der Waals surface area contributed by atoms with Gasteiger partial charge >= 0.3 is 0 Å². The van der Waals surface area contributed by atoms with Gasteiger partial charge in [0.05, 0.1) is 11.0 Å². The van der Waals surface area contributed by atoms with Gasteiger partial charge < -0.3 is 0 Å². The fraction of sp³-hybridized carbons (Fsp3) is 0.176. The Labute approximate surface area is 112 Å². The minimum absolute atomic E-state index is 0.146. The zero-order chi connectivity index (χ0) is 13.6. The van der Waals surface area contributed by atoms with Gasteiger partial charge in [0.25, 0.3) is 0 Å². The van der Waals surface area contributed by atoms with Crippen molar-refractivity contribution in [3.8, 4) is 18.4 Å². The molecule has 0 fully saturated rings. The summed E-state index contributed by atoms with van der Waals surface area (Å²) in [4.78, 5) is 11.9. The minimum Gasteiger partial charge on any atom is -0.288 e. The van der Waals surface area contributed by atoms with Crippen molar-refractivity contribution >= 4 is 11.4 Å². The second-order valence-electron chi connectivity index (χ2n) is 4.99. The van der Waals surface area contributed by atoms with Crippen LogP contribution in [-0.4, -0.2) is 5.78 Å². The molecule has 0 saturated carbocycles. The number of aryl methyl sites for hydroxylation is 1. The molecule has 1 atom stereocenters. The Morgan fingerprint density at radius 2 is 2.21 bits per heavy atom. The standard InChI is InChI=1S/C17H11NO/c1-3-17-8-12-6-4-5-11(2)16(12)14(17)7-15(19)13(9-17)10-18/h1,4-7,9H,8H2,2H3. The van der Waals surface area contributed by atoms with Crippen LogP contribution in [0.5, 0.6) is 0 Å². The normalized spacial score (nSPS) is 23.6. The van der Waals surface area contributed by atoms with Crippen LogP contribution in [-0.2, 0) is 11.2 Å². The van der Waals surface area contributed by atoms with Crippen molar-refractivity contribution < 1.29 is 4.79 Å². The summed E-state index contributed by atoms with van der Waals surface area (Å²) in [5.41, 5.74) is 3.71. The Balaban J connectivity index is 2.31. The molecule has 0 aliphatic heterocycles. The summed E-state index contributed by atoms with van der Waals surface area (Å²) in [6.07, 6.45) is 9.57. The molecule has 0 bridgehead atoms. The molecule has 0 spiro atoms. The highest BCUT2D eigenvalue weighted by Gasteiger charge is 2.43. The van der Waals surface area contributed by atoms with Gasteiger partial charge in [0.1, 0.15) is 6.07 Å². The van der Waals surface area contributed by atoms with E-state index in [1.165, 1.54) is 6.08 Å². The van der Waals surface area contributed by atoms with Crippen molar-refractivity contribution in [3.05, 3.63) is 52.6 Å². The second-order valence-corrected chi connectivity index (χ2v) is 4.99. The topological polar surface area (TPSA) is 40.9 Å². The molecule has 1 unspecified atom stereocenters. The first-order chi connectivity index (χ1) is 9.11. The molecule has 0 radical (unpaired) electrons. The van der Waals surface area contributed by atoms with E-state index in [0.717, 1.165) is 22.3 Å². The van der Waals surface area contributed by atoms with Crippen LogP contribution >= 0.6 is 0 Å². The SMILES string of the molecule is C#CC12C=C(C#N)C(=O)C=C1c1c(C)cccc1C2. The maximum absolute atomic E-state index is 11.9. The number of carbonyl (C=O) groups is 1. The average Bonchev–Trinajstić information content (AvgIpc) is 2.73. The number of nitriles is 1. The monoisotopic (exact) mass is 245 g/mol. The number of terminal acetylenes is 1. The molecule has 2 aliphatic carbocycles. The molecule has 19 heavy (non-hydrogen) atoms. The smallest absolute Gasteiger partial charge is 0.196 e. The van der Waals surface area contributed by atoms with Gasteiger partial charge in [-0.25, -0.2) is 0 Å².